The number of unbranched alkanes of at least 4 members (excludes halogenated alkanes) is 1. The normalized spacial score (nSPS) is 33.1. The Hall–Kier alpha value is -0.560. The van der Waals surface area contributed by atoms with Crippen LogP contribution in [0.4, 0.5) is 0 Å². The molecule has 0 N–H and O–H groups in total. The van der Waals surface area contributed by atoms with Crippen molar-refractivity contribution >= 4 is 0 Å². The van der Waals surface area contributed by atoms with Gasteiger partial charge in [0, 0.05) is 0 Å². The lowest BCUT2D eigenvalue weighted by atomic mass is 9.70. The summed E-state index contributed by atoms with van der Waals surface area (Å²) >= 11 is 0. The van der Waals surface area contributed by atoms with Crippen molar-refractivity contribution in [3.05, 3.63) is 24.8 Å². The lowest BCUT2D eigenvalue weighted by molar-refractivity contribution is 0.0211. The quantitative estimate of drug-likeness (QED) is 0.377. The molecule has 0 aliphatic heterocycles. The predicted molar refractivity (Wildman–Crippen MR) is 96.0 cm³/mol. The Labute approximate surface area is 138 Å². The van der Waals surface area contributed by atoms with Gasteiger partial charge < -0.3 is 4.74 Å². The molecule has 22 heavy (non-hydrogen) atoms. The minimum Gasteiger partial charge on any atom is -0.374 e. The molecule has 2 fully saturated rings. The molecule has 0 aromatic heterocycles. The Morgan fingerprint density at radius 2 is 1.59 bits per heavy atom. The maximum absolute atomic E-state index is 5.83. The van der Waals surface area contributed by atoms with E-state index in [0.29, 0.717) is 6.10 Å². The Bertz CT molecular complexity index is 317. The molecule has 0 aromatic rings. The minimum atomic E-state index is 0.511. The highest BCUT2D eigenvalue weighted by molar-refractivity contribution is 4.83. The van der Waals surface area contributed by atoms with Crippen LogP contribution in [0.25, 0.3) is 0 Å². The van der Waals surface area contributed by atoms with Gasteiger partial charge in [0.25, 0.3) is 0 Å². The fourth-order valence-electron chi connectivity index (χ4n) is 4.57. The Morgan fingerprint density at radius 3 is 2.18 bits per heavy atom. The SMILES string of the molecule is C=CCOC1CCC(C2CCC(CCC/C=C\C)CC2)CC1. The fourth-order valence-corrected chi connectivity index (χ4v) is 4.57. The molecule has 1 heteroatoms. The second kappa shape index (κ2) is 10.3. The van der Waals surface area contributed by atoms with E-state index < -0.39 is 0 Å². The van der Waals surface area contributed by atoms with E-state index in [0.717, 1.165) is 24.4 Å². The van der Waals surface area contributed by atoms with Gasteiger partial charge >= 0.3 is 0 Å². The van der Waals surface area contributed by atoms with Crippen LogP contribution in [0, 0.1) is 17.8 Å². The van der Waals surface area contributed by atoms with Crippen LogP contribution < -0.4 is 0 Å². The van der Waals surface area contributed by atoms with E-state index in [1.54, 1.807) is 0 Å². The van der Waals surface area contributed by atoms with Crippen LogP contribution in [-0.2, 0) is 4.74 Å². The molecule has 0 atom stereocenters. The molecular formula is C21H36O. The van der Waals surface area contributed by atoms with Gasteiger partial charge in [0.1, 0.15) is 0 Å². The molecule has 0 heterocycles. The lowest BCUT2D eigenvalue weighted by Crippen LogP contribution is -2.28. The van der Waals surface area contributed by atoms with Crippen LogP contribution in [0.15, 0.2) is 24.8 Å². The van der Waals surface area contributed by atoms with Crippen LogP contribution in [0.2, 0.25) is 0 Å². The average Bonchev–Trinajstić information content (AvgIpc) is 2.58. The Morgan fingerprint density at radius 1 is 0.955 bits per heavy atom. The highest BCUT2D eigenvalue weighted by Gasteiger charge is 2.30. The lowest BCUT2D eigenvalue weighted by Gasteiger charge is -2.37. The third-order valence-electron chi connectivity index (χ3n) is 5.95. The highest BCUT2D eigenvalue weighted by Crippen LogP contribution is 2.41. The fraction of sp³-hybridized carbons (Fsp3) is 0.810. The summed E-state index contributed by atoms with van der Waals surface area (Å²) in [7, 11) is 0. The number of hydrogen-bond donors (Lipinski definition) is 0. The van der Waals surface area contributed by atoms with Crippen molar-refractivity contribution in [2.75, 3.05) is 6.61 Å². The zero-order valence-electron chi connectivity index (χ0n) is 14.6. The molecule has 0 aromatic carbocycles. The Balaban J connectivity index is 1.60. The summed E-state index contributed by atoms with van der Waals surface area (Å²) in [5, 5.41) is 0. The van der Waals surface area contributed by atoms with E-state index in [1.165, 1.54) is 70.6 Å². The zero-order valence-corrected chi connectivity index (χ0v) is 14.6. The first kappa shape index (κ1) is 17.8. The van der Waals surface area contributed by atoms with Crippen molar-refractivity contribution in [3.8, 4) is 0 Å². The van der Waals surface area contributed by atoms with Gasteiger partial charge in [-0.15, -0.1) is 6.58 Å². The molecule has 2 aliphatic carbocycles. The third-order valence-corrected chi connectivity index (χ3v) is 5.95. The molecule has 0 radical (unpaired) electrons. The van der Waals surface area contributed by atoms with E-state index in [1.807, 2.05) is 6.08 Å². The molecule has 1 nitrogen and oxygen atoms in total. The van der Waals surface area contributed by atoms with Crippen molar-refractivity contribution in [3.63, 3.8) is 0 Å². The summed E-state index contributed by atoms with van der Waals surface area (Å²) < 4.78 is 5.83. The van der Waals surface area contributed by atoms with Gasteiger partial charge in [-0.1, -0.05) is 37.5 Å². The van der Waals surface area contributed by atoms with Gasteiger partial charge in [-0.25, -0.2) is 0 Å². The number of ether oxygens (including phenoxy) is 1. The van der Waals surface area contributed by atoms with Crippen LogP contribution in [-0.4, -0.2) is 12.7 Å². The number of rotatable bonds is 8. The van der Waals surface area contributed by atoms with Gasteiger partial charge in [-0.2, -0.15) is 0 Å². The van der Waals surface area contributed by atoms with Crippen molar-refractivity contribution in [1.29, 1.82) is 0 Å². The molecule has 0 saturated heterocycles. The average molecular weight is 305 g/mol. The molecular weight excluding hydrogens is 268 g/mol. The molecule has 0 spiro atoms. The summed E-state index contributed by atoms with van der Waals surface area (Å²) in [6.45, 7) is 6.60. The van der Waals surface area contributed by atoms with Crippen molar-refractivity contribution in [2.45, 2.75) is 83.7 Å². The second-order valence-electron chi connectivity index (χ2n) is 7.44. The maximum Gasteiger partial charge on any atom is 0.0648 e. The number of hydrogen-bond acceptors (Lipinski definition) is 1. The van der Waals surface area contributed by atoms with Crippen LogP contribution >= 0.6 is 0 Å². The first-order valence-corrected chi connectivity index (χ1v) is 9.67. The van der Waals surface area contributed by atoms with Crippen molar-refractivity contribution in [1.82, 2.24) is 0 Å². The van der Waals surface area contributed by atoms with E-state index in [9.17, 15) is 0 Å². The van der Waals surface area contributed by atoms with Gasteiger partial charge in [-0.3, -0.25) is 0 Å². The standard InChI is InChI=1S/C21H36O/c1-3-5-6-7-8-18-9-11-19(12-10-18)20-13-15-21(16-14-20)22-17-4-2/h3-5,18-21H,2,6-17H2,1H3/b5-3-. The van der Waals surface area contributed by atoms with E-state index in [4.69, 9.17) is 4.74 Å². The smallest absolute Gasteiger partial charge is 0.0648 e. The molecule has 2 saturated carbocycles. The summed E-state index contributed by atoms with van der Waals surface area (Å²) in [6.07, 6.45) is 22.4. The van der Waals surface area contributed by atoms with Crippen LogP contribution in [0.1, 0.15) is 77.6 Å². The molecule has 0 bridgehead atoms. The molecule has 2 aliphatic rings. The van der Waals surface area contributed by atoms with Crippen LogP contribution in [0.3, 0.4) is 0 Å². The zero-order chi connectivity index (χ0) is 15.6. The molecule has 126 valence electrons. The van der Waals surface area contributed by atoms with Crippen molar-refractivity contribution < 1.29 is 4.74 Å². The highest BCUT2D eigenvalue weighted by atomic mass is 16.5. The maximum atomic E-state index is 5.83. The van der Waals surface area contributed by atoms with Crippen molar-refractivity contribution in [2.24, 2.45) is 17.8 Å². The monoisotopic (exact) mass is 304 g/mol. The van der Waals surface area contributed by atoms with E-state index in [-0.39, 0.29) is 0 Å². The number of allylic oxidation sites excluding steroid dienone is 2. The first-order chi connectivity index (χ1) is 10.8. The summed E-state index contributed by atoms with van der Waals surface area (Å²) in [5.41, 5.74) is 0. The predicted octanol–water partition coefficient (Wildman–Crippen LogP) is 6.30. The van der Waals surface area contributed by atoms with Gasteiger partial charge in [-0.05, 0) is 76.0 Å². The second-order valence-corrected chi connectivity index (χ2v) is 7.44. The van der Waals surface area contributed by atoms with E-state index >= 15 is 0 Å². The minimum absolute atomic E-state index is 0.511. The largest absolute Gasteiger partial charge is 0.374 e. The molecule has 0 amide bonds. The first-order valence-electron chi connectivity index (χ1n) is 9.67. The van der Waals surface area contributed by atoms with Gasteiger partial charge in [0.05, 0.1) is 12.7 Å². The Kier molecular flexibility index (Phi) is 8.30. The molecule has 0 unspecified atom stereocenters. The topological polar surface area (TPSA) is 9.23 Å². The third kappa shape index (κ3) is 5.91. The van der Waals surface area contributed by atoms with Gasteiger partial charge in [0.2, 0.25) is 0 Å². The van der Waals surface area contributed by atoms with E-state index in [2.05, 4.69) is 25.7 Å². The molecule has 2 rings (SSSR count). The van der Waals surface area contributed by atoms with Crippen LogP contribution in [0.5, 0.6) is 0 Å². The summed E-state index contributed by atoms with van der Waals surface area (Å²) in [4.78, 5) is 0. The summed E-state index contributed by atoms with van der Waals surface area (Å²) in [5.74, 6) is 3.04. The van der Waals surface area contributed by atoms with Gasteiger partial charge in [0.15, 0.2) is 0 Å². The summed E-state index contributed by atoms with van der Waals surface area (Å²) in [6, 6.07) is 0.